The molecular formula is C20H22N6. The van der Waals surface area contributed by atoms with Gasteiger partial charge in [-0.15, -0.1) is 0 Å². The molecule has 1 aliphatic rings. The van der Waals surface area contributed by atoms with Gasteiger partial charge in [-0.2, -0.15) is 0 Å². The lowest BCUT2D eigenvalue weighted by Crippen LogP contribution is -2.47. The second kappa shape index (κ2) is 7.39. The van der Waals surface area contributed by atoms with E-state index in [4.69, 9.17) is 0 Å². The molecule has 6 heteroatoms. The minimum atomic E-state index is 0.897. The summed E-state index contributed by atoms with van der Waals surface area (Å²) in [6, 6.07) is 18.3. The molecule has 0 atom stereocenters. The number of para-hydroxylation sites is 1. The molecule has 0 saturated carbocycles. The van der Waals surface area contributed by atoms with Crippen molar-refractivity contribution in [2.24, 2.45) is 0 Å². The highest BCUT2D eigenvalue weighted by atomic mass is 15.3. The number of hydrogen-bond acceptors (Lipinski definition) is 6. The van der Waals surface area contributed by atoms with Crippen LogP contribution in [0, 0.1) is 0 Å². The van der Waals surface area contributed by atoms with Gasteiger partial charge in [-0.1, -0.05) is 24.3 Å². The topological polar surface area (TPSA) is 48.4 Å². The maximum absolute atomic E-state index is 4.49. The highest BCUT2D eigenvalue weighted by molar-refractivity contribution is 5.61. The normalized spacial score (nSPS) is 14.3. The van der Waals surface area contributed by atoms with Crippen LogP contribution in [0.1, 0.15) is 0 Å². The fraction of sp³-hybridized carbons (Fsp3) is 0.250. The van der Waals surface area contributed by atoms with E-state index in [9.17, 15) is 0 Å². The first-order valence-corrected chi connectivity index (χ1v) is 8.83. The van der Waals surface area contributed by atoms with E-state index >= 15 is 0 Å². The predicted octanol–water partition coefficient (Wildman–Crippen LogP) is 2.97. The molecule has 1 saturated heterocycles. The number of benzene rings is 1. The van der Waals surface area contributed by atoms with E-state index in [1.807, 2.05) is 43.6 Å². The monoisotopic (exact) mass is 346 g/mol. The van der Waals surface area contributed by atoms with Gasteiger partial charge in [0.1, 0.15) is 23.8 Å². The van der Waals surface area contributed by atoms with Crippen LogP contribution in [0.25, 0.3) is 0 Å². The Morgan fingerprint density at radius 1 is 0.769 bits per heavy atom. The van der Waals surface area contributed by atoms with Gasteiger partial charge in [-0.05, 0) is 24.3 Å². The average Bonchev–Trinajstić information content (AvgIpc) is 2.75. The molecule has 0 bridgehead atoms. The number of aromatic nitrogens is 3. The summed E-state index contributed by atoms with van der Waals surface area (Å²) in [6.45, 7) is 3.71. The van der Waals surface area contributed by atoms with Crippen molar-refractivity contribution in [3.8, 4) is 0 Å². The SMILES string of the molecule is CN(c1ccccc1)c1cc(N2CCN(c3ccccn3)CC2)ncn1. The fourth-order valence-electron chi connectivity index (χ4n) is 3.18. The summed E-state index contributed by atoms with van der Waals surface area (Å²) >= 11 is 0. The summed E-state index contributed by atoms with van der Waals surface area (Å²) in [5.74, 6) is 2.91. The molecule has 0 unspecified atom stereocenters. The van der Waals surface area contributed by atoms with Crippen molar-refractivity contribution in [3.05, 3.63) is 67.1 Å². The smallest absolute Gasteiger partial charge is 0.138 e. The van der Waals surface area contributed by atoms with Crippen molar-refractivity contribution in [1.82, 2.24) is 15.0 Å². The van der Waals surface area contributed by atoms with Gasteiger partial charge in [0.2, 0.25) is 0 Å². The van der Waals surface area contributed by atoms with Gasteiger partial charge in [-0.25, -0.2) is 15.0 Å². The zero-order valence-corrected chi connectivity index (χ0v) is 14.9. The lowest BCUT2D eigenvalue weighted by Gasteiger charge is -2.36. The van der Waals surface area contributed by atoms with Crippen LogP contribution >= 0.6 is 0 Å². The molecule has 1 aromatic carbocycles. The fourth-order valence-corrected chi connectivity index (χ4v) is 3.18. The maximum atomic E-state index is 4.49. The van der Waals surface area contributed by atoms with Crippen molar-refractivity contribution >= 4 is 23.1 Å². The van der Waals surface area contributed by atoms with E-state index in [1.54, 1.807) is 6.33 Å². The lowest BCUT2D eigenvalue weighted by atomic mass is 10.3. The summed E-state index contributed by atoms with van der Waals surface area (Å²) in [4.78, 5) is 20.1. The molecule has 0 N–H and O–H groups in total. The zero-order chi connectivity index (χ0) is 17.8. The summed E-state index contributed by atoms with van der Waals surface area (Å²) in [5.41, 5.74) is 1.11. The van der Waals surface area contributed by atoms with Crippen molar-refractivity contribution in [2.75, 3.05) is 47.9 Å². The predicted molar refractivity (Wildman–Crippen MR) is 105 cm³/mol. The Balaban J connectivity index is 1.46. The van der Waals surface area contributed by atoms with Gasteiger partial charge in [-0.3, -0.25) is 0 Å². The van der Waals surface area contributed by atoms with E-state index in [1.165, 1.54) is 0 Å². The summed E-state index contributed by atoms with van der Waals surface area (Å²) < 4.78 is 0. The van der Waals surface area contributed by atoms with Gasteiger partial charge in [0.05, 0.1) is 0 Å². The second-order valence-electron chi connectivity index (χ2n) is 6.29. The highest BCUT2D eigenvalue weighted by Crippen LogP contribution is 2.24. The second-order valence-corrected chi connectivity index (χ2v) is 6.29. The van der Waals surface area contributed by atoms with Crippen LogP contribution in [0.2, 0.25) is 0 Å². The van der Waals surface area contributed by atoms with Crippen LogP contribution in [0.4, 0.5) is 23.1 Å². The number of anilines is 4. The Morgan fingerprint density at radius 3 is 2.15 bits per heavy atom. The molecule has 1 aliphatic heterocycles. The van der Waals surface area contributed by atoms with E-state index < -0.39 is 0 Å². The van der Waals surface area contributed by atoms with Crippen molar-refractivity contribution < 1.29 is 0 Å². The third kappa shape index (κ3) is 3.44. The Morgan fingerprint density at radius 2 is 1.46 bits per heavy atom. The number of piperazine rings is 1. The van der Waals surface area contributed by atoms with Crippen LogP contribution in [0.5, 0.6) is 0 Å². The average molecular weight is 346 g/mol. The molecule has 26 heavy (non-hydrogen) atoms. The van der Waals surface area contributed by atoms with Gasteiger partial charge in [0.25, 0.3) is 0 Å². The molecule has 1 fully saturated rings. The molecule has 0 amide bonds. The zero-order valence-electron chi connectivity index (χ0n) is 14.9. The summed E-state index contributed by atoms with van der Waals surface area (Å²) in [7, 11) is 2.03. The van der Waals surface area contributed by atoms with Crippen molar-refractivity contribution in [3.63, 3.8) is 0 Å². The Bertz CT molecular complexity index is 831. The molecule has 0 radical (unpaired) electrons. The highest BCUT2D eigenvalue weighted by Gasteiger charge is 2.19. The van der Waals surface area contributed by atoms with E-state index in [0.717, 1.165) is 49.3 Å². The van der Waals surface area contributed by atoms with Gasteiger partial charge in [0, 0.05) is 51.2 Å². The first kappa shape index (κ1) is 16.3. The molecule has 0 spiro atoms. The quantitative estimate of drug-likeness (QED) is 0.724. The molecule has 2 aromatic heterocycles. The molecular weight excluding hydrogens is 324 g/mol. The van der Waals surface area contributed by atoms with Crippen molar-refractivity contribution in [2.45, 2.75) is 0 Å². The largest absolute Gasteiger partial charge is 0.353 e. The third-order valence-corrected chi connectivity index (χ3v) is 4.70. The van der Waals surface area contributed by atoms with Crippen LogP contribution in [-0.4, -0.2) is 48.2 Å². The summed E-state index contributed by atoms with van der Waals surface area (Å²) in [5, 5.41) is 0. The Kier molecular flexibility index (Phi) is 4.64. The number of hydrogen-bond donors (Lipinski definition) is 0. The van der Waals surface area contributed by atoms with Crippen LogP contribution in [-0.2, 0) is 0 Å². The maximum Gasteiger partial charge on any atom is 0.138 e. The van der Waals surface area contributed by atoms with Gasteiger partial charge in [0.15, 0.2) is 0 Å². The molecule has 4 rings (SSSR count). The number of nitrogens with zero attached hydrogens (tertiary/aromatic N) is 6. The molecule has 0 aliphatic carbocycles. The van der Waals surface area contributed by atoms with E-state index in [2.05, 4.69) is 53.9 Å². The van der Waals surface area contributed by atoms with E-state index in [-0.39, 0.29) is 0 Å². The minimum Gasteiger partial charge on any atom is -0.353 e. The molecule has 3 heterocycles. The molecule has 3 aromatic rings. The molecule has 6 nitrogen and oxygen atoms in total. The van der Waals surface area contributed by atoms with Crippen LogP contribution in [0.3, 0.4) is 0 Å². The van der Waals surface area contributed by atoms with Crippen LogP contribution in [0.15, 0.2) is 67.1 Å². The summed E-state index contributed by atoms with van der Waals surface area (Å²) in [6.07, 6.45) is 3.49. The first-order chi connectivity index (χ1) is 12.8. The number of rotatable bonds is 4. The Hall–Kier alpha value is -3.15. The van der Waals surface area contributed by atoms with Crippen LogP contribution < -0.4 is 14.7 Å². The Labute approximate surface area is 153 Å². The minimum absolute atomic E-state index is 0.897. The van der Waals surface area contributed by atoms with Gasteiger partial charge >= 0.3 is 0 Å². The lowest BCUT2D eigenvalue weighted by molar-refractivity contribution is 0.641. The first-order valence-electron chi connectivity index (χ1n) is 8.83. The molecule has 132 valence electrons. The van der Waals surface area contributed by atoms with E-state index in [0.29, 0.717) is 0 Å². The van der Waals surface area contributed by atoms with Gasteiger partial charge < -0.3 is 14.7 Å². The number of pyridine rings is 1. The van der Waals surface area contributed by atoms with Crippen molar-refractivity contribution in [1.29, 1.82) is 0 Å². The third-order valence-electron chi connectivity index (χ3n) is 4.70. The standard InChI is InChI=1S/C20H22N6/c1-24(17-7-3-2-4-8-17)19-15-20(23-16-22-19)26-13-11-25(12-14-26)18-9-5-6-10-21-18/h2-10,15-16H,11-14H2,1H3.